The summed E-state index contributed by atoms with van der Waals surface area (Å²) in [6, 6.07) is 13.5. The van der Waals surface area contributed by atoms with Crippen molar-refractivity contribution in [2.75, 3.05) is 27.8 Å². The molecule has 0 amide bonds. The van der Waals surface area contributed by atoms with Gasteiger partial charge in [0.25, 0.3) is 0 Å². The van der Waals surface area contributed by atoms with E-state index < -0.39 is 0 Å². The first-order valence-electron chi connectivity index (χ1n) is 8.33. The van der Waals surface area contributed by atoms with Crippen molar-refractivity contribution in [2.24, 2.45) is 0 Å². The Morgan fingerprint density at radius 1 is 1.13 bits per heavy atom. The summed E-state index contributed by atoms with van der Waals surface area (Å²) in [7, 11) is 5.47. The number of ether oxygens (including phenoxy) is 1. The molecule has 2 aromatic rings. The monoisotopic (exact) mass is 314 g/mol. The van der Waals surface area contributed by atoms with Crippen LogP contribution in [0.3, 0.4) is 0 Å². The molecule has 1 aromatic heterocycles. The van der Waals surface area contributed by atoms with Gasteiger partial charge in [0.15, 0.2) is 0 Å². The molecule has 0 saturated heterocycles. The Hall–Kier alpha value is -1.71. The van der Waals surface area contributed by atoms with Gasteiger partial charge in [0.1, 0.15) is 0 Å². The van der Waals surface area contributed by atoms with Crippen LogP contribution < -0.4 is 0 Å². The maximum atomic E-state index is 4.25. The predicted octanol–water partition coefficient (Wildman–Crippen LogP) is 4.14. The molecule has 1 aliphatic rings. The molecule has 2 heterocycles. The Bertz CT molecular complexity index is 542. The number of hydrogen-bond donors (Lipinski definition) is 0. The molecule has 3 nitrogen and oxygen atoms in total. The highest BCUT2D eigenvalue weighted by molar-refractivity contribution is 5.33. The van der Waals surface area contributed by atoms with Crippen molar-refractivity contribution in [1.29, 1.82) is 0 Å². The molecule has 0 radical (unpaired) electrons. The third-order valence-corrected chi connectivity index (χ3v) is 3.83. The van der Waals surface area contributed by atoms with E-state index in [1.54, 1.807) is 14.2 Å². The Kier molecular flexibility index (Phi) is 9.18. The Morgan fingerprint density at radius 2 is 1.83 bits per heavy atom. The van der Waals surface area contributed by atoms with E-state index in [2.05, 4.69) is 52.0 Å². The van der Waals surface area contributed by atoms with Gasteiger partial charge >= 0.3 is 0 Å². The number of methoxy groups -OCH3 is 1. The molecule has 0 aliphatic carbocycles. The molecule has 1 aliphatic heterocycles. The van der Waals surface area contributed by atoms with Crippen LogP contribution in [0.5, 0.6) is 0 Å². The fraction of sp³-hybridized carbons (Fsp3) is 0.450. The molecule has 0 fully saturated rings. The number of hydrogen-bond acceptors (Lipinski definition) is 3. The van der Waals surface area contributed by atoms with Crippen LogP contribution in [0, 0.1) is 0 Å². The van der Waals surface area contributed by atoms with Gasteiger partial charge in [-0.1, -0.05) is 44.2 Å². The quantitative estimate of drug-likeness (QED) is 0.833. The van der Waals surface area contributed by atoms with Crippen LogP contribution in [-0.4, -0.2) is 37.7 Å². The zero-order valence-electron chi connectivity index (χ0n) is 15.1. The molecule has 23 heavy (non-hydrogen) atoms. The van der Waals surface area contributed by atoms with Crippen molar-refractivity contribution >= 4 is 0 Å². The number of rotatable bonds is 2. The summed E-state index contributed by atoms with van der Waals surface area (Å²) >= 11 is 0. The fourth-order valence-corrected chi connectivity index (χ4v) is 2.78. The number of aromatic nitrogens is 1. The summed E-state index contributed by atoms with van der Waals surface area (Å²) in [5.41, 5.74) is 4.30. The lowest BCUT2D eigenvalue weighted by molar-refractivity contribution is 0.229. The standard InChI is InChI=1S/C16H18N2.C2H6O.C2H6/c1-18-10-8-14-6-2-3-7-15(14)16(18)11-13-5-4-9-17-12-13;1-3-2;1-2/h2-7,9,12,16H,8,10-11H2,1H3;1-2H3;1-2H3. The summed E-state index contributed by atoms with van der Waals surface area (Å²) in [5, 5.41) is 0. The fourth-order valence-electron chi connectivity index (χ4n) is 2.78. The first-order chi connectivity index (χ1) is 11.3. The minimum absolute atomic E-state index is 0.485. The van der Waals surface area contributed by atoms with Gasteiger partial charge in [0.05, 0.1) is 0 Å². The molecule has 1 aromatic carbocycles. The molecule has 0 bridgehead atoms. The molecule has 3 heteroatoms. The molecule has 0 spiro atoms. The maximum absolute atomic E-state index is 4.25. The van der Waals surface area contributed by atoms with Gasteiger partial charge < -0.3 is 4.74 Å². The topological polar surface area (TPSA) is 25.4 Å². The van der Waals surface area contributed by atoms with E-state index in [-0.39, 0.29) is 0 Å². The van der Waals surface area contributed by atoms with E-state index >= 15 is 0 Å². The second kappa shape index (κ2) is 10.9. The van der Waals surface area contributed by atoms with E-state index in [1.807, 2.05) is 32.3 Å². The lowest BCUT2D eigenvalue weighted by Crippen LogP contribution is -2.33. The van der Waals surface area contributed by atoms with Crippen molar-refractivity contribution in [1.82, 2.24) is 9.88 Å². The minimum Gasteiger partial charge on any atom is -0.388 e. The van der Waals surface area contributed by atoms with Gasteiger partial charge in [-0.2, -0.15) is 0 Å². The number of likely N-dealkylation sites (N-methyl/N-ethyl adjacent to an activating group) is 1. The van der Waals surface area contributed by atoms with Crippen molar-refractivity contribution in [3.8, 4) is 0 Å². The summed E-state index contributed by atoms with van der Waals surface area (Å²) in [6.07, 6.45) is 6.02. The molecule has 1 atom stereocenters. The highest BCUT2D eigenvalue weighted by Crippen LogP contribution is 2.30. The van der Waals surface area contributed by atoms with Crippen LogP contribution in [-0.2, 0) is 17.6 Å². The second-order valence-electron chi connectivity index (χ2n) is 5.42. The van der Waals surface area contributed by atoms with E-state index in [0.29, 0.717) is 6.04 Å². The van der Waals surface area contributed by atoms with Crippen LogP contribution in [0.2, 0.25) is 0 Å². The van der Waals surface area contributed by atoms with Gasteiger partial charge in [-0.05, 0) is 42.6 Å². The van der Waals surface area contributed by atoms with Crippen LogP contribution in [0.1, 0.15) is 36.6 Å². The molecule has 1 unspecified atom stereocenters. The summed E-state index contributed by atoms with van der Waals surface area (Å²) in [4.78, 5) is 6.67. The molecule has 126 valence electrons. The summed E-state index contributed by atoms with van der Waals surface area (Å²) in [6.45, 7) is 5.14. The third kappa shape index (κ3) is 5.77. The first kappa shape index (κ1) is 19.3. The van der Waals surface area contributed by atoms with E-state index in [1.165, 1.54) is 16.7 Å². The SMILES string of the molecule is CC.CN1CCc2ccccc2C1Cc1cccnc1.COC. The van der Waals surface area contributed by atoms with Gasteiger partial charge in [0, 0.05) is 39.2 Å². The highest BCUT2D eigenvalue weighted by atomic mass is 16.4. The smallest absolute Gasteiger partial charge is 0.0388 e. The van der Waals surface area contributed by atoms with E-state index in [0.717, 1.165) is 19.4 Å². The zero-order chi connectivity index (χ0) is 17.1. The molecular formula is C20H30N2O. The molecule has 3 rings (SSSR count). The number of nitrogens with zero attached hydrogens (tertiary/aromatic N) is 2. The molecular weight excluding hydrogens is 284 g/mol. The van der Waals surface area contributed by atoms with Gasteiger partial charge in [-0.3, -0.25) is 9.88 Å². The van der Waals surface area contributed by atoms with E-state index in [9.17, 15) is 0 Å². The van der Waals surface area contributed by atoms with Crippen molar-refractivity contribution in [2.45, 2.75) is 32.7 Å². The Balaban J connectivity index is 0.000000477. The van der Waals surface area contributed by atoms with Crippen LogP contribution in [0.4, 0.5) is 0 Å². The zero-order valence-corrected chi connectivity index (χ0v) is 15.1. The van der Waals surface area contributed by atoms with Crippen LogP contribution in [0.15, 0.2) is 48.8 Å². The lowest BCUT2D eigenvalue weighted by Gasteiger charge is -2.34. The summed E-state index contributed by atoms with van der Waals surface area (Å²) in [5.74, 6) is 0. The number of pyridine rings is 1. The van der Waals surface area contributed by atoms with Crippen LogP contribution in [0.25, 0.3) is 0 Å². The minimum atomic E-state index is 0.485. The normalized spacial score (nSPS) is 16.3. The first-order valence-corrected chi connectivity index (χ1v) is 8.33. The Labute approximate surface area is 141 Å². The largest absolute Gasteiger partial charge is 0.388 e. The average Bonchev–Trinajstić information content (AvgIpc) is 2.61. The summed E-state index contributed by atoms with van der Waals surface area (Å²) < 4.78 is 4.25. The van der Waals surface area contributed by atoms with Crippen LogP contribution >= 0.6 is 0 Å². The predicted molar refractivity (Wildman–Crippen MR) is 97.7 cm³/mol. The highest BCUT2D eigenvalue weighted by Gasteiger charge is 2.24. The van der Waals surface area contributed by atoms with E-state index in [4.69, 9.17) is 0 Å². The van der Waals surface area contributed by atoms with Gasteiger partial charge in [0.2, 0.25) is 0 Å². The molecule has 0 saturated carbocycles. The number of fused-ring (bicyclic) bond motifs is 1. The van der Waals surface area contributed by atoms with Gasteiger partial charge in [-0.15, -0.1) is 0 Å². The second-order valence-corrected chi connectivity index (χ2v) is 5.42. The maximum Gasteiger partial charge on any atom is 0.0388 e. The van der Waals surface area contributed by atoms with Crippen molar-refractivity contribution in [3.05, 3.63) is 65.5 Å². The van der Waals surface area contributed by atoms with Crippen molar-refractivity contribution < 1.29 is 4.74 Å². The third-order valence-electron chi connectivity index (χ3n) is 3.83. The molecule has 0 N–H and O–H groups in total. The lowest BCUT2D eigenvalue weighted by atomic mass is 9.89. The van der Waals surface area contributed by atoms with Crippen molar-refractivity contribution in [3.63, 3.8) is 0 Å². The average molecular weight is 314 g/mol. The number of benzene rings is 1. The van der Waals surface area contributed by atoms with Gasteiger partial charge in [-0.25, -0.2) is 0 Å². The Morgan fingerprint density at radius 3 is 2.48 bits per heavy atom.